The van der Waals surface area contributed by atoms with Crippen molar-refractivity contribution in [2.75, 3.05) is 18.4 Å². The quantitative estimate of drug-likeness (QED) is 0.760. The van der Waals surface area contributed by atoms with E-state index in [-0.39, 0.29) is 11.9 Å². The number of nitrogens with one attached hydrogen (secondary N) is 1. The van der Waals surface area contributed by atoms with Gasteiger partial charge < -0.3 is 9.42 Å². The summed E-state index contributed by atoms with van der Waals surface area (Å²) in [5.41, 5.74) is 0.882. The van der Waals surface area contributed by atoms with Crippen LogP contribution in [0.25, 0.3) is 0 Å². The first kappa shape index (κ1) is 17.2. The van der Waals surface area contributed by atoms with Crippen LogP contribution in [0.5, 0.6) is 0 Å². The Morgan fingerprint density at radius 3 is 2.81 bits per heavy atom. The SMILES string of the molecule is Cc1noc(C2CCN(C(=O)Nc3ccnn3Cc3ccccn3)CC2)n1. The number of likely N-dealkylation sites (tertiary alicyclic amines) is 1. The first-order valence-corrected chi connectivity index (χ1v) is 8.97. The molecule has 9 heteroatoms. The van der Waals surface area contributed by atoms with Gasteiger partial charge in [-0.25, -0.2) is 9.48 Å². The van der Waals surface area contributed by atoms with Crippen LogP contribution < -0.4 is 5.32 Å². The molecule has 0 atom stereocenters. The van der Waals surface area contributed by atoms with Crippen molar-refractivity contribution in [3.8, 4) is 0 Å². The Morgan fingerprint density at radius 1 is 1.26 bits per heavy atom. The number of aromatic nitrogens is 5. The van der Waals surface area contributed by atoms with Gasteiger partial charge in [0.2, 0.25) is 5.89 Å². The zero-order valence-corrected chi connectivity index (χ0v) is 15.1. The van der Waals surface area contributed by atoms with Crippen LogP contribution in [0.4, 0.5) is 10.6 Å². The van der Waals surface area contributed by atoms with Gasteiger partial charge in [-0.3, -0.25) is 10.3 Å². The summed E-state index contributed by atoms with van der Waals surface area (Å²) in [4.78, 5) is 23.0. The average molecular weight is 367 g/mol. The predicted molar refractivity (Wildman–Crippen MR) is 97.2 cm³/mol. The van der Waals surface area contributed by atoms with Gasteiger partial charge in [0.1, 0.15) is 5.82 Å². The maximum atomic E-state index is 12.6. The molecular formula is C18H21N7O2. The van der Waals surface area contributed by atoms with Crippen molar-refractivity contribution in [2.45, 2.75) is 32.2 Å². The van der Waals surface area contributed by atoms with Crippen molar-refractivity contribution in [1.82, 2.24) is 29.8 Å². The van der Waals surface area contributed by atoms with Gasteiger partial charge in [0.15, 0.2) is 5.82 Å². The molecule has 1 aliphatic heterocycles. The average Bonchev–Trinajstić information content (AvgIpc) is 3.32. The van der Waals surface area contributed by atoms with Crippen molar-refractivity contribution in [3.05, 3.63) is 54.1 Å². The summed E-state index contributed by atoms with van der Waals surface area (Å²) in [5.74, 6) is 2.18. The molecule has 1 saturated heterocycles. The molecule has 0 unspecified atom stereocenters. The molecule has 27 heavy (non-hydrogen) atoms. The van der Waals surface area contributed by atoms with Crippen LogP contribution in [0, 0.1) is 6.92 Å². The third kappa shape index (κ3) is 3.97. The van der Waals surface area contributed by atoms with E-state index in [2.05, 4.69) is 25.5 Å². The number of carbonyl (C=O) groups is 1. The molecule has 140 valence electrons. The molecule has 0 bridgehead atoms. The van der Waals surface area contributed by atoms with Crippen LogP contribution in [0.3, 0.4) is 0 Å². The number of hydrogen-bond donors (Lipinski definition) is 1. The molecule has 4 rings (SSSR count). The van der Waals surface area contributed by atoms with E-state index < -0.39 is 0 Å². The Morgan fingerprint density at radius 2 is 2.11 bits per heavy atom. The molecule has 1 aliphatic rings. The molecular weight excluding hydrogens is 346 g/mol. The lowest BCUT2D eigenvalue weighted by atomic mass is 9.97. The fraction of sp³-hybridized carbons (Fsp3) is 0.389. The molecule has 0 aliphatic carbocycles. The highest BCUT2D eigenvalue weighted by Gasteiger charge is 2.27. The van der Waals surface area contributed by atoms with E-state index in [1.165, 1.54) is 0 Å². The standard InChI is InChI=1S/C18H21N7O2/c1-13-21-17(27-23-13)14-6-10-24(11-7-14)18(26)22-16-5-9-20-25(16)12-15-4-2-3-8-19-15/h2-5,8-9,14H,6-7,10-12H2,1H3,(H,22,26). The van der Waals surface area contributed by atoms with Crippen LogP contribution in [-0.2, 0) is 6.54 Å². The lowest BCUT2D eigenvalue weighted by Gasteiger charge is -2.30. The van der Waals surface area contributed by atoms with Gasteiger partial charge in [0, 0.05) is 31.3 Å². The van der Waals surface area contributed by atoms with Crippen molar-refractivity contribution < 1.29 is 9.32 Å². The van der Waals surface area contributed by atoms with Gasteiger partial charge >= 0.3 is 6.03 Å². The molecule has 2 amide bonds. The van der Waals surface area contributed by atoms with Crippen molar-refractivity contribution in [3.63, 3.8) is 0 Å². The number of aryl methyl sites for hydroxylation is 1. The summed E-state index contributed by atoms with van der Waals surface area (Å²) < 4.78 is 6.99. The lowest BCUT2D eigenvalue weighted by Crippen LogP contribution is -2.41. The maximum absolute atomic E-state index is 12.6. The van der Waals surface area contributed by atoms with Gasteiger partial charge in [-0.15, -0.1) is 0 Å². The number of anilines is 1. The molecule has 0 aromatic carbocycles. The van der Waals surface area contributed by atoms with Crippen LogP contribution in [0.15, 0.2) is 41.2 Å². The maximum Gasteiger partial charge on any atom is 0.322 e. The molecule has 1 N–H and O–H groups in total. The van der Waals surface area contributed by atoms with E-state index >= 15 is 0 Å². The Bertz CT molecular complexity index is 897. The van der Waals surface area contributed by atoms with Crippen molar-refractivity contribution in [2.24, 2.45) is 0 Å². The number of carbonyl (C=O) groups excluding carboxylic acids is 1. The number of rotatable bonds is 4. The number of urea groups is 1. The monoisotopic (exact) mass is 367 g/mol. The van der Waals surface area contributed by atoms with Crippen LogP contribution >= 0.6 is 0 Å². The molecule has 9 nitrogen and oxygen atoms in total. The smallest absolute Gasteiger partial charge is 0.322 e. The van der Waals surface area contributed by atoms with Gasteiger partial charge in [0.25, 0.3) is 0 Å². The third-order valence-corrected chi connectivity index (χ3v) is 4.66. The zero-order valence-electron chi connectivity index (χ0n) is 15.1. The van der Waals surface area contributed by atoms with E-state index in [1.807, 2.05) is 25.1 Å². The van der Waals surface area contributed by atoms with Gasteiger partial charge in [0.05, 0.1) is 18.4 Å². The molecule has 0 saturated carbocycles. The van der Waals surface area contributed by atoms with E-state index in [1.54, 1.807) is 28.0 Å². The van der Waals surface area contributed by atoms with Crippen LogP contribution in [-0.4, -0.2) is 48.9 Å². The highest BCUT2D eigenvalue weighted by Crippen LogP contribution is 2.27. The highest BCUT2D eigenvalue weighted by atomic mass is 16.5. The minimum atomic E-state index is -0.127. The second-order valence-electron chi connectivity index (χ2n) is 6.57. The number of pyridine rings is 1. The third-order valence-electron chi connectivity index (χ3n) is 4.66. The fourth-order valence-electron chi connectivity index (χ4n) is 3.21. The van der Waals surface area contributed by atoms with Gasteiger partial charge in [-0.2, -0.15) is 10.1 Å². The zero-order chi connectivity index (χ0) is 18.6. The Hall–Kier alpha value is -3.23. The summed E-state index contributed by atoms with van der Waals surface area (Å²) in [6.45, 7) is 3.60. The number of nitrogens with zero attached hydrogens (tertiary/aromatic N) is 6. The minimum absolute atomic E-state index is 0.127. The normalized spacial score (nSPS) is 15.1. The summed E-state index contributed by atoms with van der Waals surface area (Å²) in [6.07, 6.45) is 5.03. The molecule has 1 fully saturated rings. The first-order valence-electron chi connectivity index (χ1n) is 8.97. The topological polar surface area (TPSA) is 102 Å². The van der Waals surface area contributed by atoms with Crippen molar-refractivity contribution in [1.29, 1.82) is 0 Å². The second kappa shape index (κ2) is 7.56. The number of amides is 2. The predicted octanol–water partition coefficient (Wildman–Crippen LogP) is 2.43. The lowest BCUT2D eigenvalue weighted by molar-refractivity contribution is 0.187. The Labute approximate surface area is 156 Å². The number of hydrogen-bond acceptors (Lipinski definition) is 6. The Kier molecular flexibility index (Phi) is 4.82. The minimum Gasteiger partial charge on any atom is -0.339 e. The fourth-order valence-corrected chi connectivity index (χ4v) is 3.21. The van der Waals surface area contributed by atoms with E-state index in [4.69, 9.17) is 4.52 Å². The highest BCUT2D eigenvalue weighted by molar-refractivity contribution is 5.88. The largest absolute Gasteiger partial charge is 0.339 e. The summed E-state index contributed by atoms with van der Waals surface area (Å²) in [5, 5.41) is 11.1. The molecule has 0 radical (unpaired) electrons. The molecule has 0 spiro atoms. The van der Waals surface area contributed by atoms with Crippen LogP contribution in [0.1, 0.15) is 36.2 Å². The van der Waals surface area contributed by atoms with E-state index in [0.29, 0.717) is 37.2 Å². The molecule has 3 aromatic rings. The van der Waals surface area contributed by atoms with E-state index in [9.17, 15) is 4.79 Å². The molecule has 3 aromatic heterocycles. The van der Waals surface area contributed by atoms with Crippen LogP contribution in [0.2, 0.25) is 0 Å². The summed E-state index contributed by atoms with van der Waals surface area (Å²) in [6, 6.07) is 7.39. The van der Waals surface area contributed by atoms with Gasteiger partial charge in [-0.1, -0.05) is 11.2 Å². The summed E-state index contributed by atoms with van der Waals surface area (Å²) >= 11 is 0. The Balaban J connectivity index is 1.34. The van der Waals surface area contributed by atoms with Crippen molar-refractivity contribution >= 4 is 11.8 Å². The molecule has 4 heterocycles. The first-order chi connectivity index (χ1) is 13.2. The number of piperidine rings is 1. The second-order valence-corrected chi connectivity index (χ2v) is 6.57. The van der Waals surface area contributed by atoms with E-state index in [0.717, 1.165) is 18.5 Å². The van der Waals surface area contributed by atoms with Gasteiger partial charge in [-0.05, 0) is 31.9 Å². The summed E-state index contributed by atoms with van der Waals surface area (Å²) in [7, 11) is 0.